The number of amides is 1. The number of carbonyl (C=O) groups is 2. The Labute approximate surface area is 125 Å². The van der Waals surface area contributed by atoms with Crippen LogP contribution in [0.4, 0.5) is 0 Å². The summed E-state index contributed by atoms with van der Waals surface area (Å²) in [6.07, 6.45) is -0.0202. The van der Waals surface area contributed by atoms with Gasteiger partial charge in [-0.3, -0.25) is 9.59 Å². The van der Waals surface area contributed by atoms with Crippen LogP contribution in [-0.4, -0.2) is 40.6 Å². The topological polar surface area (TPSA) is 66.8 Å². The van der Waals surface area contributed by atoms with Crippen molar-refractivity contribution in [2.24, 2.45) is 0 Å². The lowest BCUT2D eigenvalue weighted by atomic mass is 10.1. The lowest BCUT2D eigenvalue weighted by molar-refractivity contribution is -0.137. The molecule has 21 heavy (non-hydrogen) atoms. The molecule has 0 bridgehead atoms. The van der Waals surface area contributed by atoms with Crippen molar-refractivity contribution < 1.29 is 19.4 Å². The Bertz CT molecular complexity index is 472. The first-order chi connectivity index (χ1) is 9.81. The third-order valence-electron chi connectivity index (χ3n) is 3.04. The summed E-state index contributed by atoms with van der Waals surface area (Å²) in [6, 6.07) is 6.99. The van der Waals surface area contributed by atoms with Gasteiger partial charge in [-0.2, -0.15) is 0 Å². The quantitative estimate of drug-likeness (QED) is 0.838. The summed E-state index contributed by atoms with van der Waals surface area (Å²) in [7, 11) is 0. The van der Waals surface area contributed by atoms with E-state index in [2.05, 4.69) is 0 Å². The predicted molar refractivity (Wildman–Crippen MR) is 80.4 cm³/mol. The minimum Gasteiger partial charge on any atom is -0.484 e. The fourth-order valence-electron chi connectivity index (χ4n) is 2.27. The van der Waals surface area contributed by atoms with Crippen molar-refractivity contribution in [1.82, 2.24) is 4.90 Å². The number of carboxylic acids is 1. The average Bonchev–Trinajstić information content (AvgIpc) is 2.36. The molecule has 0 unspecified atom stereocenters. The number of carbonyl (C=O) groups excluding carboxylic acids is 1. The zero-order valence-corrected chi connectivity index (χ0v) is 13.0. The minimum absolute atomic E-state index is 0.0192. The fourth-order valence-corrected chi connectivity index (χ4v) is 2.27. The molecule has 1 rings (SSSR count). The van der Waals surface area contributed by atoms with E-state index in [4.69, 9.17) is 9.84 Å². The monoisotopic (exact) mass is 293 g/mol. The molecular formula is C16H23NO4. The molecule has 5 nitrogen and oxygen atoms in total. The number of ether oxygens (including phenoxy) is 1. The summed E-state index contributed by atoms with van der Waals surface area (Å²) in [5.74, 6) is -0.372. The third kappa shape index (κ3) is 5.45. The molecule has 0 aliphatic heterocycles. The molecule has 0 saturated heterocycles. The van der Waals surface area contributed by atoms with E-state index in [1.807, 2.05) is 27.7 Å². The van der Waals surface area contributed by atoms with Gasteiger partial charge in [0.1, 0.15) is 5.75 Å². The lowest BCUT2D eigenvalue weighted by Gasteiger charge is -2.30. The first-order valence-electron chi connectivity index (χ1n) is 7.06. The van der Waals surface area contributed by atoms with Gasteiger partial charge in [0, 0.05) is 12.1 Å². The lowest BCUT2D eigenvalue weighted by Crippen LogP contribution is -2.44. The van der Waals surface area contributed by atoms with E-state index in [1.165, 1.54) is 0 Å². The van der Waals surface area contributed by atoms with Crippen molar-refractivity contribution in [3.05, 3.63) is 29.8 Å². The van der Waals surface area contributed by atoms with E-state index in [1.54, 1.807) is 29.2 Å². The molecule has 0 fully saturated rings. The van der Waals surface area contributed by atoms with Gasteiger partial charge in [-0.15, -0.1) is 0 Å². The van der Waals surface area contributed by atoms with Crippen LogP contribution in [0, 0.1) is 0 Å². The van der Waals surface area contributed by atoms with Crippen LogP contribution in [-0.2, 0) is 16.0 Å². The highest BCUT2D eigenvalue weighted by atomic mass is 16.5. The number of aliphatic carboxylic acids is 1. The van der Waals surface area contributed by atoms with Crippen molar-refractivity contribution in [3.63, 3.8) is 0 Å². The van der Waals surface area contributed by atoms with Crippen LogP contribution in [0.1, 0.15) is 33.3 Å². The molecule has 0 aromatic heterocycles. The van der Waals surface area contributed by atoms with E-state index in [-0.39, 0.29) is 31.0 Å². The van der Waals surface area contributed by atoms with Gasteiger partial charge in [-0.05, 0) is 45.4 Å². The number of rotatable bonds is 7. The van der Waals surface area contributed by atoms with Crippen molar-refractivity contribution in [2.45, 2.75) is 46.2 Å². The number of hydrogen-bond acceptors (Lipinski definition) is 3. The molecule has 1 N–H and O–H groups in total. The molecule has 0 spiro atoms. The number of nitrogens with zero attached hydrogens (tertiary/aromatic N) is 1. The molecule has 1 aromatic carbocycles. The van der Waals surface area contributed by atoms with Gasteiger partial charge >= 0.3 is 5.97 Å². The predicted octanol–water partition coefficient (Wildman–Crippen LogP) is 2.34. The van der Waals surface area contributed by atoms with Gasteiger partial charge in [-0.1, -0.05) is 12.1 Å². The van der Waals surface area contributed by atoms with Gasteiger partial charge in [0.15, 0.2) is 6.61 Å². The normalized spacial score (nSPS) is 10.8. The molecule has 0 atom stereocenters. The zero-order valence-electron chi connectivity index (χ0n) is 13.0. The van der Waals surface area contributed by atoms with Crippen molar-refractivity contribution in [1.29, 1.82) is 0 Å². The van der Waals surface area contributed by atoms with Crippen molar-refractivity contribution >= 4 is 11.9 Å². The SMILES string of the molecule is CC(C)N(C(=O)COc1ccc(CC(=O)O)cc1)C(C)C. The minimum atomic E-state index is -0.872. The molecule has 1 amide bonds. The largest absolute Gasteiger partial charge is 0.484 e. The highest BCUT2D eigenvalue weighted by Crippen LogP contribution is 2.13. The van der Waals surface area contributed by atoms with Crippen molar-refractivity contribution in [2.75, 3.05) is 6.61 Å². The molecule has 0 aliphatic rings. The van der Waals surface area contributed by atoms with Crippen LogP contribution in [0.3, 0.4) is 0 Å². The Hall–Kier alpha value is -2.04. The average molecular weight is 293 g/mol. The van der Waals surface area contributed by atoms with Gasteiger partial charge in [0.05, 0.1) is 6.42 Å². The summed E-state index contributed by atoms with van der Waals surface area (Å²) < 4.78 is 5.47. The second kappa shape index (κ2) is 7.67. The Morgan fingerprint density at radius 2 is 1.62 bits per heavy atom. The van der Waals surface area contributed by atoms with Crippen LogP contribution in [0.2, 0.25) is 0 Å². The molecule has 0 radical (unpaired) electrons. The highest BCUT2D eigenvalue weighted by molar-refractivity contribution is 5.78. The Morgan fingerprint density at radius 1 is 1.10 bits per heavy atom. The van der Waals surface area contributed by atoms with Crippen LogP contribution in [0.5, 0.6) is 5.75 Å². The van der Waals surface area contributed by atoms with E-state index in [0.717, 1.165) is 0 Å². The van der Waals surface area contributed by atoms with Crippen LogP contribution in [0.25, 0.3) is 0 Å². The summed E-state index contributed by atoms with van der Waals surface area (Å²) in [5.41, 5.74) is 0.701. The maximum Gasteiger partial charge on any atom is 0.307 e. The van der Waals surface area contributed by atoms with Crippen LogP contribution >= 0.6 is 0 Å². The molecule has 0 saturated carbocycles. The molecule has 5 heteroatoms. The van der Waals surface area contributed by atoms with E-state index in [0.29, 0.717) is 11.3 Å². The summed E-state index contributed by atoms with van der Waals surface area (Å²) >= 11 is 0. The number of carboxylic acid groups (broad SMARTS) is 1. The van der Waals surface area contributed by atoms with E-state index >= 15 is 0 Å². The fraction of sp³-hybridized carbons (Fsp3) is 0.500. The Morgan fingerprint density at radius 3 is 2.05 bits per heavy atom. The maximum atomic E-state index is 12.1. The van der Waals surface area contributed by atoms with Gasteiger partial charge in [0.2, 0.25) is 0 Å². The third-order valence-corrected chi connectivity index (χ3v) is 3.04. The molecule has 1 aromatic rings. The molecule has 0 aliphatic carbocycles. The summed E-state index contributed by atoms with van der Waals surface area (Å²) in [6.45, 7) is 7.86. The van der Waals surface area contributed by atoms with Crippen LogP contribution in [0.15, 0.2) is 24.3 Å². The standard InChI is InChI=1S/C16H23NO4/c1-11(2)17(12(3)4)15(18)10-21-14-7-5-13(6-8-14)9-16(19)20/h5-8,11-12H,9-10H2,1-4H3,(H,19,20). The van der Waals surface area contributed by atoms with Crippen molar-refractivity contribution in [3.8, 4) is 5.75 Å². The second-order valence-electron chi connectivity index (χ2n) is 5.49. The van der Waals surface area contributed by atoms with Gasteiger partial charge in [-0.25, -0.2) is 0 Å². The maximum absolute atomic E-state index is 12.1. The molecule has 116 valence electrons. The highest BCUT2D eigenvalue weighted by Gasteiger charge is 2.20. The Balaban J connectivity index is 2.58. The first kappa shape index (κ1) is 17.0. The molecule has 0 heterocycles. The second-order valence-corrected chi connectivity index (χ2v) is 5.49. The number of benzene rings is 1. The first-order valence-corrected chi connectivity index (χ1v) is 7.06. The Kier molecular flexibility index (Phi) is 6.21. The van der Waals surface area contributed by atoms with E-state index in [9.17, 15) is 9.59 Å². The zero-order chi connectivity index (χ0) is 16.0. The van der Waals surface area contributed by atoms with E-state index < -0.39 is 5.97 Å². The summed E-state index contributed by atoms with van der Waals surface area (Å²) in [5, 5.41) is 8.70. The summed E-state index contributed by atoms with van der Waals surface area (Å²) in [4.78, 5) is 24.5. The van der Waals surface area contributed by atoms with Crippen LogP contribution < -0.4 is 4.74 Å². The molecular weight excluding hydrogens is 270 g/mol. The smallest absolute Gasteiger partial charge is 0.307 e. The number of hydrogen-bond donors (Lipinski definition) is 1. The van der Waals surface area contributed by atoms with Gasteiger partial charge in [0.25, 0.3) is 5.91 Å². The van der Waals surface area contributed by atoms with Gasteiger partial charge < -0.3 is 14.7 Å².